The highest BCUT2D eigenvalue weighted by Crippen LogP contribution is 2.42. The van der Waals surface area contributed by atoms with Gasteiger partial charge in [-0.1, -0.05) is 48.0 Å². The predicted molar refractivity (Wildman–Crippen MR) is 96.1 cm³/mol. The van der Waals surface area contributed by atoms with E-state index in [4.69, 9.17) is 0 Å². The van der Waals surface area contributed by atoms with Gasteiger partial charge in [0.25, 0.3) is 0 Å². The molecule has 25 heavy (non-hydrogen) atoms. The number of ketones is 3. The van der Waals surface area contributed by atoms with Gasteiger partial charge in [0.1, 0.15) is 11.3 Å². The Morgan fingerprint density at radius 1 is 1.04 bits per heavy atom. The summed E-state index contributed by atoms with van der Waals surface area (Å²) in [5, 5.41) is 21.6. The van der Waals surface area contributed by atoms with Crippen LogP contribution in [0.5, 0.6) is 0 Å². The van der Waals surface area contributed by atoms with Gasteiger partial charge in [0.15, 0.2) is 23.0 Å². The number of carbonyl (C=O) groups is 3. The second-order valence-electron chi connectivity index (χ2n) is 8.25. The lowest BCUT2D eigenvalue weighted by Gasteiger charge is -2.28. The normalized spacial score (nSPS) is 24.1. The monoisotopic (exact) mass is 352 g/mol. The molecule has 0 fully saturated rings. The van der Waals surface area contributed by atoms with Crippen molar-refractivity contribution in [2.75, 3.05) is 0 Å². The molecule has 1 aliphatic carbocycles. The molecule has 0 bridgehead atoms. The van der Waals surface area contributed by atoms with Crippen LogP contribution >= 0.6 is 0 Å². The molecule has 1 rings (SSSR count). The summed E-state index contributed by atoms with van der Waals surface area (Å²) in [5.41, 5.74) is -2.65. The van der Waals surface area contributed by atoms with Crippen molar-refractivity contribution < 1.29 is 24.6 Å². The van der Waals surface area contributed by atoms with E-state index >= 15 is 0 Å². The summed E-state index contributed by atoms with van der Waals surface area (Å²) in [6.45, 7) is 11.1. The van der Waals surface area contributed by atoms with E-state index < -0.39 is 40.5 Å². The molecule has 0 unspecified atom stereocenters. The van der Waals surface area contributed by atoms with Crippen LogP contribution < -0.4 is 0 Å². The maximum absolute atomic E-state index is 12.8. The summed E-state index contributed by atoms with van der Waals surface area (Å²) in [5.74, 6) is -3.49. The number of hydrogen-bond donors (Lipinski definition) is 2. The van der Waals surface area contributed by atoms with Gasteiger partial charge in [-0.25, -0.2) is 0 Å². The van der Waals surface area contributed by atoms with E-state index in [2.05, 4.69) is 0 Å². The first-order chi connectivity index (χ1) is 11.4. The number of Topliss-reactive ketones (excluding diaryl/α,β-unsaturated/α-hetero) is 3. The Morgan fingerprint density at radius 3 is 2.00 bits per heavy atom. The first-order valence-corrected chi connectivity index (χ1v) is 9.22. The van der Waals surface area contributed by atoms with Crippen molar-refractivity contribution in [3.8, 4) is 0 Å². The van der Waals surface area contributed by atoms with Crippen LogP contribution in [-0.2, 0) is 14.4 Å². The molecule has 142 valence electrons. The van der Waals surface area contributed by atoms with Gasteiger partial charge in [-0.15, -0.1) is 0 Å². The zero-order chi connectivity index (χ0) is 19.5. The Hall–Kier alpha value is -1.49. The van der Waals surface area contributed by atoms with Gasteiger partial charge < -0.3 is 10.2 Å². The van der Waals surface area contributed by atoms with Crippen LogP contribution in [0.2, 0.25) is 0 Å². The van der Waals surface area contributed by atoms with E-state index in [1.54, 1.807) is 13.8 Å². The number of rotatable bonds is 9. The SMILES string of the molecule is CC(C)CCC(=O)[C@@]1(O)C(O)=C(C(=O)C(C)C)C(=O)[C@H]1CCC(C)C. The summed E-state index contributed by atoms with van der Waals surface area (Å²) in [7, 11) is 0. The molecule has 0 radical (unpaired) electrons. The van der Waals surface area contributed by atoms with Gasteiger partial charge >= 0.3 is 0 Å². The van der Waals surface area contributed by atoms with Gasteiger partial charge in [0, 0.05) is 12.3 Å². The maximum atomic E-state index is 12.8. The van der Waals surface area contributed by atoms with Gasteiger partial charge in [-0.05, 0) is 24.7 Å². The van der Waals surface area contributed by atoms with Crippen LogP contribution in [0.4, 0.5) is 0 Å². The Bertz CT molecular complexity index is 571. The quantitative estimate of drug-likeness (QED) is 0.621. The Balaban J connectivity index is 3.30. The molecular weight excluding hydrogens is 320 g/mol. The van der Waals surface area contributed by atoms with E-state index in [1.165, 1.54) is 0 Å². The summed E-state index contributed by atoms with van der Waals surface area (Å²) < 4.78 is 0. The molecular formula is C20H32O5. The van der Waals surface area contributed by atoms with Crippen molar-refractivity contribution in [1.82, 2.24) is 0 Å². The standard InChI is InChI=1S/C20H32O5/c1-11(2)7-9-14-18(23)16(17(22)13(5)6)19(24)20(14,25)15(21)10-8-12(3)4/h11-14,24-25H,7-10H2,1-6H3/t14-,20-/m1/s1. The molecule has 2 atom stereocenters. The van der Waals surface area contributed by atoms with Crippen LogP contribution in [0.1, 0.15) is 67.2 Å². The topological polar surface area (TPSA) is 91.7 Å². The molecule has 0 aliphatic heterocycles. The lowest BCUT2D eigenvalue weighted by molar-refractivity contribution is -0.145. The lowest BCUT2D eigenvalue weighted by Crippen LogP contribution is -2.47. The van der Waals surface area contributed by atoms with Crippen LogP contribution in [0.15, 0.2) is 11.3 Å². The molecule has 5 heteroatoms. The third-order valence-corrected chi connectivity index (χ3v) is 4.84. The highest BCUT2D eigenvalue weighted by molar-refractivity contribution is 6.26. The fourth-order valence-corrected chi connectivity index (χ4v) is 3.14. The molecule has 0 aromatic carbocycles. The number of aliphatic hydroxyl groups excluding tert-OH is 1. The van der Waals surface area contributed by atoms with Gasteiger partial charge in [0.05, 0.1) is 5.92 Å². The first-order valence-electron chi connectivity index (χ1n) is 9.22. The Labute approximate surface area is 150 Å². The van der Waals surface area contributed by atoms with E-state index in [0.29, 0.717) is 12.8 Å². The van der Waals surface area contributed by atoms with Crippen molar-refractivity contribution in [3.63, 3.8) is 0 Å². The molecule has 2 N–H and O–H groups in total. The molecule has 0 spiro atoms. The largest absolute Gasteiger partial charge is 0.508 e. The van der Waals surface area contributed by atoms with Crippen molar-refractivity contribution in [1.29, 1.82) is 0 Å². The summed E-state index contributed by atoms with van der Waals surface area (Å²) >= 11 is 0. The van der Waals surface area contributed by atoms with Gasteiger partial charge in [-0.2, -0.15) is 0 Å². The highest BCUT2D eigenvalue weighted by Gasteiger charge is 2.58. The van der Waals surface area contributed by atoms with Crippen LogP contribution in [0.3, 0.4) is 0 Å². The smallest absolute Gasteiger partial charge is 0.190 e. The first kappa shape index (κ1) is 21.6. The summed E-state index contributed by atoms with van der Waals surface area (Å²) in [6, 6.07) is 0. The minimum absolute atomic E-state index is 0.0623. The minimum atomic E-state index is -2.26. The van der Waals surface area contributed by atoms with Gasteiger partial charge in [0.2, 0.25) is 0 Å². The van der Waals surface area contributed by atoms with E-state index in [0.717, 1.165) is 0 Å². The van der Waals surface area contributed by atoms with E-state index in [1.807, 2.05) is 27.7 Å². The summed E-state index contributed by atoms with van der Waals surface area (Å²) in [6.07, 6.45) is 1.49. The van der Waals surface area contributed by atoms with Gasteiger partial charge in [-0.3, -0.25) is 14.4 Å². The molecule has 0 saturated heterocycles. The third-order valence-electron chi connectivity index (χ3n) is 4.84. The number of aliphatic hydroxyl groups is 2. The van der Waals surface area contributed by atoms with E-state index in [-0.39, 0.29) is 30.3 Å². The van der Waals surface area contributed by atoms with E-state index in [9.17, 15) is 24.6 Å². The minimum Gasteiger partial charge on any atom is -0.508 e. The second kappa shape index (κ2) is 8.26. The number of carbonyl (C=O) groups excluding carboxylic acids is 3. The molecule has 0 saturated carbocycles. The molecule has 5 nitrogen and oxygen atoms in total. The fourth-order valence-electron chi connectivity index (χ4n) is 3.14. The fraction of sp³-hybridized carbons (Fsp3) is 0.750. The average molecular weight is 352 g/mol. The third kappa shape index (κ3) is 4.38. The molecule has 0 aromatic heterocycles. The predicted octanol–water partition coefficient (Wildman–Crippen LogP) is 3.40. The Kier molecular flexibility index (Phi) is 7.12. The summed E-state index contributed by atoms with van der Waals surface area (Å²) in [4.78, 5) is 37.9. The zero-order valence-corrected chi connectivity index (χ0v) is 16.3. The van der Waals surface area contributed by atoms with Crippen molar-refractivity contribution in [2.24, 2.45) is 23.7 Å². The lowest BCUT2D eigenvalue weighted by atomic mass is 9.79. The zero-order valence-electron chi connectivity index (χ0n) is 16.3. The van der Waals surface area contributed by atoms with Crippen LogP contribution in [0.25, 0.3) is 0 Å². The van der Waals surface area contributed by atoms with Crippen molar-refractivity contribution in [2.45, 2.75) is 72.8 Å². The average Bonchev–Trinajstić information content (AvgIpc) is 2.69. The second-order valence-corrected chi connectivity index (χ2v) is 8.25. The highest BCUT2D eigenvalue weighted by atomic mass is 16.3. The molecule has 1 aliphatic rings. The van der Waals surface area contributed by atoms with Crippen LogP contribution in [-0.4, -0.2) is 33.2 Å². The maximum Gasteiger partial charge on any atom is 0.190 e. The molecule has 0 amide bonds. The number of allylic oxidation sites excluding steroid dienone is 1. The number of hydrogen-bond acceptors (Lipinski definition) is 5. The molecule has 0 heterocycles. The van der Waals surface area contributed by atoms with Crippen LogP contribution in [0, 0.1) is 23.7 Å². The molecule has 0 aromatic rings. The Morgan fingerprint density at radius 2 is 1.56 bits per heavy atom. The van der Waals surface area contributed by atoms with Crippen molar-refractivity contribution >= 4 is 17.3 Å². The van der Waals surface area contributed by atoms with Crippen molar-refractivity contribution in [3.05, 3.63) is 11.3 Å².